The molecule has 0 bridgehead atoms. The number of nitrogens with zero attached hydrogens (tertiary/aromatic N) is 2. The summed E-state index contributed by atoms with van der Waals surface area (Å²) in [6.07, 6.45) is 3.59. The highest BCUT2D eigenvalue weighted by atomic mass is 16.5. The lowest BCUT2D eigenvalue weighted by molar-refractivity contribution is 0.0526. The Bertz CT molecular complexity index is 871. The van der Waals surface area contributed by atoms with Crippen molar-refractivity contribution < 1.29 is 9.53 Å². The molecule has 0 aliphatic heterocycles. The van der Waals surface area contributed by atoms with E-state index in [0.717, 1.165) is 16.9 Å². The first kappa shape index (κ1) is 16.2. The summed E-state index contributed by atoms with van der Waals surface area (Å²) < 4.78 is 7.01. The smallest absolute Gasteiger partial charge is 0.339 e. The maximum atomic E-state index is 12.0. The van der Waals surface area contributed by atoms with E-state index in [1.165, 1.54) is 5.56 Å². The first-order chi connectivity index (χ1) is 11.4. The number of aromatic nitrogens is 2. The summed E-state index contributed by atoms with van der Waals surface area (Å²) in [4.78, 5) is 16.5. The summed E-state index contributed by atoms with van der Waals surface area (Å²) in [6, 6.07) is 12.1. The molecule has 4 heteroatoms. The minimum absolute atomic E-state index is 0.115. The highest BCUT2D eigenvalue weighted by Crippen LogP contribution is 2.26. The van der Waals surface area contributed by atoms with Crippen molar-refractivity contribution in [3.63, 3.8) is 0 Å². The Morgan fingerprint density at radius 3 is 2.46 bits per heavy atom. The second kappa shape index (κ2) is 6.11. The summed E-state index contributed by atoms with van der Waals surface area (Å²) in [7, 11) is 0. The topological polar surface area (TPSA) is 43.6 Å². The Hall–Kier alpha value is -2.62. The molecule has 0 atom stereocenters. The van der Waals surface area contributed by atoms with E-state index in [-0.39, 0.29) is 11.4 Å². The maximum Gasteiger partial charge on any atom is 0.339 e. The van der Waals surface area contributed by atoms with Crippen molar-refractivity contribution in [1.82, 2.24) is 9.38 Å². The van der Waals surface area contributed by atoms with Gasteiger partial charge in [-0.3, -0.25) is 4.40 Å². The lowest BCUT2D eigenvalue weighted by atomic mass is 9.87. The van der Waals surface area contributed by atoms with Crippen molar-refractivity contribution in [2.24, 2.45) is 0 Å². The number of hydrogen-bond acceptors (Lipinski definition) is 3. The second-order valence-electron chi connectivity index (χ2n) is 6.84. The molecule has 0 aliphatic carbocycles. The van der Waals surface area contributed by atoms with E-state index in [9.17, 15) is 4.79 Å². The molecule has 0 N–H and O–H groups in total. The van der Waals surface area contributed by atoms with Gasteiger partial charge in [-0.05, 0) is 30.0 Å². The molecule has 3 aromatic rings. The predicted molar refractivity (Wildman–Crippen MR) is 95.3 cm³/mol. The van der Waals surface area contributed by atoms with Gasteiger partial charge in [0.15, 0.2) is 0 Å². The molecule has 0 aliphatic rings. The Balaban J connectivity index is 2.03. The number of ether oxygens (including phenoxy) is 1. The quantitative estimate of drug-likeness (QED) is 0.668. The standard InChI is InChI=1S/C20H22N2O2/c1-5-24-19(23)15-8-11-17-12-21-18(22(17)13-15)14-6-9-16(10-7-14)20(2,3)4/h6-13H,5H2,1-4H3. The van der Waals surface area contributed by atoms with Gasteiger partial charge in [-0.15, -0.1) is 0 Å². The van der Waals surface area contributed by atoms with E-state index in [1.807, 2.05) is 16.7 Å². The number of benzene rings is 1. The largest absolute Gasteiger partial charge is 0.462 e. The zero-order valence-electron chi connectivity index (χ0n) is 14.5. The van der Waals surface area contributed by atoms with E-state index in [4.69, 9.17) is 4.74 Å². The van der Waals surface area contributed by atoms with Crippen LogP contribution in [0, 0.1) is 0 Å². The molecule has 0 radical (unpaired) electrons. The monoisotopic (exact) mass is 322 g/mol. The fourth-order valence-corrected chi connectivity index (χ4v) is 2.66. The van der Waals surface area contributed by atoms with Gasteiger partial charge in [0.25, 0.3) is 0 Å². The highest BCUT2D eigenvalue weighted by Gasteiger charge is 2.15. The van der Waals surface area contributed by atoms with Gasteiger partial charge >= 0.3 is 5.97 Å². The first-order valence-corrected chi connectivity index (χ1v) is 8.15. The van der Waals surface area contributed by atoms with E-state index < -0.39 is 0 Å². The van der Waals surface area contributed by atoms with Crippen LogP contribution in [0.4, 0.5) is 0 Å². The van der Waals surface area contributed by atoms with Crippen LogP contribution in [-0.4, -0.2) is 22.0 Å². The van der Waals surface area contributed by atoms with Crippen molar-refractivity contribution >= 4 is 11.5 Å². The lowest BCUT2D eigenvalue weighted by Crippen LogP contribution is -2.10. The fraction of sp³-hybridized carbons (Fsp3) is 0.300. The van der Waals surface area contributed by atoms with Crippen LogP contribution in [0.1, 0.15) is 43.6 Å². The lowest BCUT2D eigenvalue weighted by Gasteiger charge is -2.19. The van der Waals surface area contributed by atoms with Crippen molar-refractivity contribution in [2.45, 2.75) is 33.1 Å². The van der Waals surface area contributed by atoms with Gasteiger partial charge in [0, 0.05) is 11.8 Å². The van der Waals surface area contributed by atoms with Crippen LogP contribution in [0.15, 0.2) is 48.8 Å². The summed E-state index contributed by atoms with van der Waals surface area (Å²) >= 11 is 0. The molecular formula is C20H22N2O2. The van der Waals surface area contributed by atoms with E-state index in [0.29, 0.717) is 12.2 Å². The molecule has 24 heavy (non-hydrogen) atoms. The maximum absolute atomic E-state index is 12.0. The third-order valence-corrected chi connectivity index (χ3v) is 4.05. The minimum atomic E-state index is -0.317. The molecule has 0 saturated heterocycles. The average Bonchev–Trinajstić information content (AvgIpc) is 2.97. The van der Waals surface area contributed by atoms with Gasteiger partial charge in [0.05, 0.1) is 23.9 Å². The number of imidazole rings is 1. The van der Waals surface area contributed by atoms with Crippen LogP contribution >= 0.6 is 0 Å². The van der Waals surface area contributed by atoms with E-state index in [1.54, 1.807) is 19.2 Å². The average molecular weight is 322 g/mol. The van der Waals surface area contributed by atoms with E-state index >= 15 is 0 Å². The SMILES string of the molecule is CCOC(=O)c1ccc2cnc(-c3ccc(C(C)(C)C)cc3)n2c1. The normalized spacial score (nSPS) is 11.7. The third-order valence-electron chi connectivity index (χ3n) is 4.05. The Kier molecular flexibility index (Phi) is 4.14. The molecule has 0 unspecified atom stereocenters. The van der Waals surface area contributed by atoms with Gasteiger partial charge in [0.1, 0.15) is 5.82 Å². The molecule has 124 valence electrons. The number of hydrogen-bond donors (Lipinski definition) is 0. The molecule has 0 fully saturated rings. The zero-order chi connectivity index (χ0) is 17.3. The third kappa shape index (κ3) is 3.04. The molecule has 4 nitrogen and oxygen atoms in total. The molecule has 2 heterocycles. The van der Waals surface area contributed by atoms with Gasteiger partial charge in [-0.1, -0.05) is 45.0 Å². The van der Waals surface area contributed by atoms with Gasteiger partial charge in [-0.2, -0.15) is 0 Å². The van der Waals surface area contributed by atoms with Crippen LogP contribution in [0.25, 0.3) is 16.9 Å². The van der Waals surface area contributed by atoms with Crippen LogP contribution in [-0.2, 0) is 10.2 Å². The first-order valence-electron chi connectivity index (χ1n) is 8.15. The zero-order valence-corrected chi connectivity index (χ0v) is 14.5. The number of pyridine rings is 1. The van der Waals surface area contributed by atoms with Gasteiger partial charge in [-0.25, -0.2) is 9.78 Å². The second-order valence-corrected chi connectivity index (χ2v) is 6.84. The van der Waals surface area contributed by atoms with Crippen LogP contribution < -0.4 is 0 Å². The number of esters is 1. The Labute approximate surface area is 142 Å². The van der Waals surface area contributed by atoms with Crippen LogP contribution in [0.2, 0.25) is 0 Å². The minimum Gasteiger partial charge on any atom is -0.462 e. The van der Waals surface area contributed by atoms with E-state index in [2.05, 4.69) is 50.0 Å². The molecular weight excluding hydrogens is 300 g/mol. The molecule has 0 amide bonds. The molecule has 2 aromatic heterocycles. The summed E-state index contributed by atoms with van der Waals surface area (Å²) in [5.41, 5.74) is 3.88. The summed E-state index contributed by atoms with van der Waals surface area (Å²) in [5, 5.41) is 0. The van der Waals surface area contributed by atoms with Crippen LogP contribution in [0.5, 0.6) is 0 Å². The Morgan fingerprint density at radius 1 is 1.12 bits per heavy atom. The molecule has 3 rings (SSSR count). The van der Waals surface area contributed by atoms with Crippen molar-refractivity contribution in [1.29, 1.82) is 0 Å². The van der Waals surface area contributed by atoms with Crippen molar-refractivity contribution in [3.8, 4) is 11.4 Å². The number of rotatable bonds is 3. The molecule has 1 aromatic carbocycles. The van der Waals surface area contributed by atoms with Crippen molar-refractivity contribution in [3.05, 3.63) is 59.9 Å². The van der Waals surface area contributed by atoms with Crippen molar-refractivity contribution in [2.75, 3.05) is 6.61 Å². The molecule has 0 spiro atoms. The predicted octanol–water partition coefficient (Wildman–Crippen LogP) is 4.48. The number of fused-ring (bicyclic) bond motifs is 1. The summed E-state index contributed by atoms with van der Waals surface area (Å²) in [6.45, 7) is 8.74. The summed E-state index contributed by atoms with van der Waals surface area (Å²) in [5.74, 6) is 0.499. The fourth-order valence-electron chi connectivity index (χ4n) is 2.66. The Morgan fingerprint density at radius 2 is 1.83 bits per heavy atom. The van der Waals surface area contributed by atoms with Crippen LogP contribution in [0.3, 0.4) is 0 Å². The van der Waals surface area contributed by atoms with Gasteiger partial charge in [0.2, 0.25) is 0 Å². The van der Waals surface area contributed by atoms with Gasteiger partial charge < -0.3 is 4.74 Å². The highest BCUT2D eigenvalue weighted by molar-refractivity contribution is 5.89. The number of carbonyl (C=O) groups is 1. The number of carbonyl (C=O) groups excluding carboxylic acids is 1. The molecule has 0 saturated carbocycles.